The maximum absolute atomic E-state index is 9.82. The third-order valence-electron chi connectivity index (χ3n) is 4.99. The summed E-state index contributed by atoms with van der Waals surface area (Å²) in [7, 11) is 0. The molecule has 3 unspecified atom stereocenters. The topological polar surface area (TPSA) is 89.5 Å². The quantitative estimate of drug-likeness (QED) is 0.726. The summed E-state index contributed by atoms with van der Waals surface area (Å²) in [6, 6.07) is 6.67. The van der Waals surface area contributed by atoms with Gasteiger partial charge >= 0.3 is 0 Å². The number of pyridine rings is 2. The minimum atomic E-state index is -0.642. The SMILES string of the molecule is CC(O)c1nc2c(cnc3ccc[n+](C4CCC(CC#N)C4)c32)[nH]1. The minimum absolute atomic E-state index is 0.367. The predicted octanol–water partition coefficient (Wildman–Crippen LogP) is 2.71. The number of aromatic nitrogens is 4. The number of hydrogen-bond donors (Lipinski definition) is 2. The van der Waals surface area contributed by atoms with Crippen LogP contribution < -0.4 is 4.57 Å². The van der Waals surface area contributed by atoms with Gasteiger partial charge in [-0.05, 0) is 25.3 Å². The van der Waals surface area contributed by atoms with Crippen molar-refractivity contribution in [1.29, 1.82) is 5.26 Å². The lowest BCUT2D eigenvalue weighted by atomic mass is 10.1. The van der Waals surface area contributed by atoms with Gasteiger partial charge in [0.15, 0.2) is 17.8 Å². The number of nitrogens with zero attached hydrogens (tertiary/aromatic N) is 4. The molecule has 0 spiro atoms. The third kappa shape index (κ3) is 2.42. The Kier molecular flexibility index (Phi) is 3.66. The second kappa shape index (κ2) is 5.84. The van der Waals surface area contributed by atoms with E-state index in [2.05, 4.69) is 31.8 Å². The van der Waals surface area contributed by atoms with Crippen LogP contribution in [0.4, 0.5) is 0 Å². The van der Waals surface area contributed by atoms with E-state index >= 15 is 0 Å². The van der Waals surface area contributed by atoms with Crippen LogP contribution in [0.1, 0.15) is 50.6 Å². The monoisotopic (exact) mass is 322 g/mol. The molecular formula is C18H20N5O+. The Labute approximate surface area is 139 Å². The zero-order chi connectivity index (χ0) is 16.7. The number of aromatic amines is 1. The molecule has 3 aromatic rings. The van der Waals surface area contributed by atoms with Gasteiger partial charge in [-0.1, -0.05) is 0 Å². The van der Waals surface area contributed by atoms with E-state index in [-0.39, 0.29) is 0 Å². The molecular weight excluding hydrogens is 302 g/mol. The molecule has 0 aromatic carbocycles. The number of aliphatic hydroxyl groups excluding tert-OH is 1. The van der Waals surface area contributed by atoms with Crippen LogP contribution in [0.25, 0.3) is 22.1 Å². The van der Waals surface area contributed by atoms with Crippen molar-refractivity contribution in [2.45, 2.75) is 44.8 Å². The van der Waals surface area contributed by atoms with Crippen LogP contribution in [0.3, 0.4) is 0 Å². The Balaban J connectivity index is 1.86. The number of fused-ring (bicyclic) bond motifs is 3. The molecule has 1 saturated carbocycles. The highest BCUT2D eigenvalue weighted by atomic mass is 16.3. The van der Waals surface area contributed by atoms with Crippen LogP contribution in [0.2, 0.25) is 0 Å². The third-order valence-corrected chi connectivity index (χ3v) is 4.99. The summed E-state index contributed by atoms with van der Waals surface area (Å²) in [6.45, 7) is 1.70. The van der Waals surface area contributed by atoms with E-state index in [1.807, 2.05) is 12.1 Å². The summed E-state index contributed by atoms with van der Waals surface area (Å²) < 4.78 is 2.26. The molecule has 6 heteroatoms. The predicted molar refractivity (Wildman–Crippen MR) is 88.8 cm³/mol. The molecule has 1 aliphatic rings. The number of imidazole rings is 1. The van der Waals surface area contributed by atoms with Crippen molar-refractivity contribution in [2.75, 3.05) is 0 Å². The van der Waals surface area contributed by atoms with Gasteiger partial charge in [0, 0.05) is 25.3 Å². The average molecular weight is 322 g/mol. The molecule has 0 bridgehead atoms. The van der Waals surface area contributed by atoms with E-state index in [1.165, 1.54) is 0 Å². The normalized spacial score (nSPS) is 22.0. The van der Waals surface area contributed by atoms with Crippen LogP contribution in [0.15, 0.2) is 24.5 Å². The van der Waals surface area contributed by atoms with Gasteiger partial charge in [-0.25, -0.2) is 9.97 Å². The molecule has 24 heavy (non-hydrogen) atoms. The number of aliphatic hydroxyl groups is 1. The van der Waals surface area contributed by atoms with Gasteiger partial charge in [0.1, 0.15) is 17.4 Å². The van der Waals surface area contributed by atoms with Crippen LogP contribution in [-0.2, 0) is 0 Å². The van der Waals surface area contributed by atoms with E-state index in [1.54, 1.807) is 13.1 Å². The number of H-pyrrole nitrogens is 1. The molecule has 0 saturated heterocycles. The standard InChI is InChI=1S/C18H19N5O/c1-11(24)18-21-15-10-20-14-3-2-8-23(17(14)16(15)22-18)13-5-4-12(9-13)6-7-19/h2-3,8,10-13,24H,4-6,9H2,1H3/p+1. The summed E-state index contributed by atoms with van der Waals surface area (Å²) in [6.07, 6.45) is 7.01. The van der Waals surface area contributed by atoms with Gasteiger partial charge in [-0.2, -0.15) is 9.83 Å². The molecule has 2 N–H and O–H groups in total. The van der Waals surface area contributed by atoms with Gasteiger partial charge in [-0.15, -0.1) is 0 Å². The molecule has 3 atom stereocenters. The second-order valence-corrected chi connectivity index (χ2v) is 6.66. The summed E-state index contributed by atoms with van der Waals surface area (Å²) in [5.74, 6) is 1.03. The number of nitrogens with one attached hydrogen (secondary N) is 1. The Bertz CT molecular complexity index is 940. The molecule has 0 aliphatic heterocycles. The minimum Gasteiger partial charge on any atom is -0.385 e. The maximum atomic E-state index is 9.82. The highest BCUT2D eigenvalue weighted by molar-refractivity contribution is 5.96. The highest BCUT2D eigenvalue weighted by Gasteiger charge is 2.33. The fraction of sp³-hybridized carbons (Fsp3) is 0.444. The van der Waals surface area contributed by atoms with Crippen molar-refractivity contribution in [3.63, 3.8) is 0 Å². The molecule has 0 amide bonds. The Hall–Kier alpha value is -2.52. The first-order valence-corrected chi connectivity index (χ1v) is 8.41. The molecule has 6 nitrogen and oxygen atoms in total. The fourth-order valence-corrected chi connectivity index (χ4v) is 3.79. The summed E-state index contributed by atoms with van der Waals surface area (Å²) in [4.78, 5) is 12.3. The Morgan fingerprint density at radius 2 is 2.38 bits per heavy atom. The molecule has 3 heterocycles. The highest BCUT2D eigenvalue weighted by Crippen LogP contribution is 2.34. The van der Waals surface area contributed by atoms with Crippen molar-refractivity contribution in [1.82, 2.24) is 15.0 Å². The summed E-state index contributed by atoms with van der Waals surface area (Å²) >= 11 is 0. The van der Waals surface area contributed by atoms with Crippen LogP contribution >= 0.6 is 0 Å². The zero-order valence-electron chi connectivity index (χ0n) is 13.6. The van der Waals surface area contributed by atoms with E-state index in [4.69, 9.17) is 5.26 Å². The second-order valence-electron chi connectivity index (χ2n) is 6.66. The van der Waals surface area contributed by atoms with E-state index < -0.39 is 6.10 Å². The molecule has 122 valence electrons. The number of nitriles is 1. The van der Waals surface area contributed by atoms with Gasteiger partial charge < -0.3 is 10.1 Å². The Morgan fingerprint density at radius 3 is 3.17 bits per heavy atom. The van der Waals surface area contributed by atoms with E-state index in [9.17, 15) is 5.11 Å². The van der Waals surface area contributed by atoms with Crippen molar-refractivity contribution in [3.8, 4) is 6.07 Å². The number of rotatable bonds is 3. The molecule has 1 fully saturated rings. The first-order chi connectivity index (χ1) is 11.7. The first kappa shape index (κ1) is 15.0. The average Bonchev–Trinajstić information content (AvgIpc) is 3.21. The largest absolute Gasteiger partial charge is 0.385 e. The lowest BCUT2D eigenvalue weighted by molar-refractivity contribution is -0.697. The zero-order valence-corrected chi connectivity index (χ0v) is 13.6. The number of hydrogen-bond acceptors (Lipinski definition) is 4. The lowest BCUT2D eigenvalue weighted by Gasteiger charge is -2.08. The first-order valence-electron chi connectivity index (χ1n) is 8.41. The van der Waals surface area contributed by atoms with E-state index in [0.717, 1.165) is 41.3 Å². The summed E-state index contributed by atoms with van der Waals surface area (Å²) in [5, 5.41) is 18.8. The van der Waals surface area contributed by atoms with Crippen molar-refractivity contribution >= 4 is 22.1 Å². The van der Waals surface area contributed by atoms with Crippen molar-refractivity contribution in [2.24, 2.45) is 5.92 Å². The van der Waals surface area contributed by atoms with Gasteiger partial charge in [0.2, 0.25) is 0 Å². The van der Waals surface area contributed by atoms with E-state index in [0.29, 0.717) is 24.2 Å². The molecule has 4 rings (SSSR count). The molecule has 1 aliphatic carbocycles. The fourth-order valence-electron chi connectivity index (χ4n) is 3.79. The van der Waals surface area contributed by atoms with Gasteiger partial charge in [-0.3, -0.25) is 0 Å². The lowest BCUT2D eigenvalue weighted by Crippen LogP contribution is -2.38. The van der Waals surface area contributed by atoms with Crippen LogP contribution in [-0.4, -0.2) is 20.1 Å². The maximum Gasteiger partial charge on any atom is 0.259 e. The smallest absolute Gasteiger partial charge is 0.259 e. The Morgan fingerprint density at radius 1 is 1.50 bits per heavy atom. The molecule has 0 radical (unpaired) electrons. The van der Waals surface area contributed by atoms with Crippen LogP contribution in [0, 0.1) is 17.2 Å². The van der Waals surface area contributed by atoms with Crippen LogP contribution in [0.5, 0.6) is 0 Å². The van der Waals surface area contributed by atoms with Crippen molar-refractivity contribution in [3.05, 3.63) is 30.4 Å². The van der Waals surface area contributed by atoms with Gasteiger partial charge in [0.05, 0.1) is 17.8 Å². The van der Waals surface area contributed by atoms with Crippen molar-refractivity contribution < 1.29 is 9.67 Å². The molecule has 3 aromatic heterocycles. The summed E-state index contributed by atoms with van der Waals surface area (Å²) in [5.41, 5.74) is 3.59. The van der Waals surface area contributed by atoms with Gasteiger partial charge in [0.25, 0.3) is 5.52 Å².